The number of β-amino-alcohol motifs (C(OH)–C–C–N with tert-alkyl or cyclic N) is 2. The fraction of sp³-hybridized carbons (Fsp3) is 0.394. The lowest BCUT2D eigenvalue weighted by molar-refractivity contribution is 0.0835. The van der Waals surface area contributed by atoms with E-state index in [1.54, 1.807) is 23.0 Å². The highest BCUT2D eigenvalue weighted by molar-refractivity contribution is 5.92. The van der Waals surface area contributed by atoms with Crippen LogP contribution in [-0.4, -0.2) is 103 Å². The summed E-state index contributed by atoms with van der Waals surface area (Å²) in [6.45, 7) is 5.08. The third-order valence-corrected chi connectivity index (χ3v) is 8.47. The maximum absolute atomic E-state index is 12.7. The Morgan fingerprint density at radius 2 is 1.49 bits per heavy atom. The number of carbonyl (C=O) groups is 2. The molecule has 2 aromatic heterocycles. The van der Waals surface area contributed by atoms with Crippen LogP contribution in [0.25, 0.3) is 0 Å². The molecule has 0 bridgehead atoms. The number of aromatic nitrogens is 4. The van der Waals surface area contributed by atoms with Crippen molar-refractivity contribution in [2.75, 3.05) is 39.3 Å². The first-order chi connectivity index (χ1) is 21.9. The standard InChI is InChI=1S/C33H40N8O4/c42-28(16-34-32(44)30-7-11-36-37-30)22-40-13-9-25-15-23(5-6-27(25)20-40)18-41-14-10-31(38-41)33(45)35-17-29(43)21-39-12-8-24-3-1-2-4-26(24)19-39/h1-7,10-11,14-15,28-29,42-43H,8-9,12-13,16-22H2,(H,34,44)(H,35,45)(H,36,37). The van der Waals surface area contributed by atoms with Crippen LogP contribution in [0.5, 0.6) is 0 Å². The molecular weight excluding hydrogens is 572 g/mol. The number of hydrogen-bond acceptors (Lipinski definition) is 8. The van der Waals surface area contributed by atoms with Crippen molar-refractivity contribution in [1.29, 1.82) is 0 Å². The van der Waals surface area contributed by atoms with Gasteiger partial charge in [0.05, 0.1) is 18.8 Å². The van der Waals surface area contributed by atoms with Gasteiger partial charge in [0.1, 0.15) is 11.4 Å². The average Bonchev–Trinajstić information content (AvgIpc) is 3.76. The quantitative estimate of drug-likeness (QED) is 0.159. The molecule has 0 saturated heterocycles. The number of carbonyl (C=O) groups excluding carboxylic acids is 2. The number of aromatic amines is 1. The Hall–Kier alpha value is -4.36. The zero-order chi connectivity index (χ0) is 31.2. The summed E-state index contributed by atoms with van der Waals surface area (Å²) >= 11 is 0. The summed E-state index contributed by atoms with van der Waals surface area (Å²) in [7, 11) is 0. The van der Waals surface area contributed by atoms with Crippen molar-refractivity contribution >= 4 is 11.8 Å². The molecule has 2 amide bonds. The molecule has 12 nitrogen and oxygen atoms in total. The van der Waals surface area contributed by atoms with E-state index in [1.165, 1.54) is 28.5 Å². The average molecular weight is 613 g/mol. The van der Waals surface area contributed by atoms with Gasteiger partial charge in [-0.1, -0.05) is 42.5 Å². The summed E-state index contributed by atoms with van der Waals surface area (Å²) in [6, 6.07) is 18.1. The second-order valence-corrected chi connectivity index (χ2v) is 11.9. The second-order valence-electron chi connectivity index (χ2n) is 11.9. The topological polar surface area (TPSA) is 152 Å². The highest BCUT2D eigenvalue weighted by atomic mass is 16.3. The third-order valence-electron chi connectivity index (χ3n) is 8.47. The first-order valence-electron chi connectivity index (χ1n) is 15.5. The van der Waals surface area contributed by atoms with Gasteiger partial charge < -0.3 is 20.8 Å². The first-order valence-corrected chi connectivity index (χ1v) is 15.5. The zero-order valence-corrected chi connectivity index (χ0v) is 25.2. The van der Waals surface area contributed by atoms with Crippen LogP contribution in [0.15, 0.2) is 67.0 Å². The molecule has 236 valence electrons. The number of aliphatic hydroxyl groups excluding tert-OH is 2. The molecule has 2 aliphatic rings. The summed E-state index contributed by atoms with van der Waals surface area (Å²) in [4.78, 5) is 29.2. The molecule has 0 saturated carbocycles. The van der Waals surface area contributed by atoms with Crippen LogP contribution in [0.3, 0.4) is 0 Å². The van der Waals surface area contributed by atoms with Crippen LogP contribution in [0, 0.1) is 0 Å². The van der Waals surface area contributed by atoms with E-state index in [4.69, 9.17) is 0 Å². The molecule has 0 fully saturated rings. The molecule has 0 radical (unpaired) electrons. The number of H-pyrrole nitrogens is 1. The first kappa shape index (κ1) is 30.7. The van der Waals surface area contributed by atoms with Crippen LogP contribution in [-0.2, 0) is 32.5 Å². The molecule has 2 unspecified atom stereocenters. The number of fused-ring (bicyclic) bond motifs is 2. The van der Waals surface area contributed by atoms with Gasteiger partial charge in [-0.05, 0) is 52.8 Å². The molecular formula is C33H40N8O4. The molecule has 2 aliphatic heterocycles. The fourth-order valence-corrected chi connectivity index (χ4v) is 6.10. The summed E-state index contributed by atoms with van der Waals surface area (Å²) in [6.07, 6.45) is 3.79. The molecule has 5 N–H and O–H groups in total. The molecule has 0 aliphatic carbocycles. The molecule has 4 heterocycles. The van der Waals surface area contributed by atoms with E-state index in [2.05, 4.69) is 72.1 Å². The Morgan fingerprint density at radius 3 is 2.20 bits per heavy atom. The number of nitrogens with zero attached hydrogens (tertiary/aromatic N) is 5. The smallest absolute Gasteiger partial charge is 0.271 e. The highest BCUT2D eigenvalue weighted by Crippen LogP contribution is 2.21. The van der Waals surface area contributed by atoms with E-state index in [-0.39, 0.29) is 24.9 Å². The molecule has 45 heavy (non-hydrogen) atoms. The zero-order valence-electron chi connectivity index (χ0n) is 25.2. The Morgan fingerprint density at radius 1 is 0.822 bits per heavy atom. The summed E-state index contributed by atoms with van der Waals surface area (Å²) in [5.41, 5.74) is 6.93. The van der Waals surface area contributed by atoms with Crippen molar-refractivity contribution in [2.45, 2.75) is 44.7 Å². The van der Waals surface area contributed by atoms with Gasteiger partial charge >= 0.3 is 0 Å². The Kier molecular flexibility index (Phi) is 9.65. The minimum Gasteiger partial charge on any atom is -0.390 e. The second kappa shape index (κ2) is 14.2. The highest BCUT2D eigenvalue weighted by Gasteiger charge is 2.21. The van der Waals surface area contributed by atoms with Crippen molar-refractivity contribution in [3.63, 3.8) is 0 Å². The maximum Gasteiger partial charge on any atom is 0.271 e. The minimum absolute atomic E-state index is 0.165. The van der Waals surface area contributed by atoms with Crippen molar-refractivity contribution in [3.8, 4) is 0 Å². The van der Waals surface area contributed by atoms with Crippen molar-refractivity contribution in [2.24, 2.45) is 0 Å². The van der Waals surface area contributed by atoms with Crippen LogP contribution in [0.2, 0.25) is 0 Å². The minimum atomic E-state index is -0.681. The van der Waals surface area contributed by atoms with Crippen molar-refractivity contribution in [3.05, 3.63) is 106 Å². The van der Waals surface area contributed by atoms with Crippen molar-refractivity contribution in [1.82, 2.24) is 40.4 Å². The number of nitrogens with one attached hydrogen (secondary N) is 3. The summed E-state index contributed by atoms with van der Waals surface area (Å²) < 4.78 is 1.75. The number of amides is 2. The van der Waals surface area contributed by atoms with E-state index in [1.807, 2.05) is 6.07 Å². The third kappa shape index (κ3) is 8.03. The molecule has 12 heteroatoms. The Bertz CT molecular complexity index is 1600. The van der Waals surface area contributed by atoms with Gasteiger partial charge in [-0.2, -0.15) is 10.2 Å². The van der Waals surface area contributed by atoms with Gasteiger partial charge in [-0.15, -0.1) is 0 Å². The van der Waals surface area contributed by atoms with Gasteiger partial charge in [0.25, 0.3) is 11.8 Å². The van der Waals surface area contributed by atoms with Crippen LogP contribution < -0.4 is 10.6 Å². The van der Waals surface area contributed by atoms with Crippen molar-refractivity contribution < 1.29 is 19.8 Å². The molecule has 4 aromatic rings. The molecule has 0 spiro atoms. The monoisotopic (exact) mass is 612 g/mol. The Balaban J connectivity index is 0.934. The van der Waals surface area contributed by atoms with E-state index in [0.717, 1.165) is 44.6 Å². The SMILES string of the molecule is O=C(NCC(O)CN1CCc2ccccc2C1)c1ccn(Cc2ccc3c(c2)CCN(CC(O)CNC(=O)c2ccn[nH]2)C3)n1. The number of aliphatic hydroxyl groups is 2. The Labute approximate surface area is 262 Å². The summed E-state index contributed by atoms with van der Waals surface area (Å²) in [5, 5.41) is 37.4. The predicted octanol–water partition coefficient (Wildman–Crippen LogP) is 0.953. The van der Waals surface area contributed by atoms with E-state index >= 15 is 0 Å². The summed E-state index contributed by atoms with van der Waals surface area (Å²) in [5.74, 6) is -0.590. The van der Waals surface area contributed by atoms with E-state index in [9.17, 15) is 19.8 Å². The molecule has 2 atom stereocenters. The largest absolute Gasteiger partial charge is 0.390 e. The lowest BCUT2D eigenvalue weighted by atomic mass is 9.97. The number of hydrogen-bond donors (Lipinski definition) is 5. The number of benzene rings is 2. The fourth-order valence-electron chi connectivity index (χ4n) is 6.10. The lowest BCUT2D eigenvalue weighted by Crippen LogP contribution is -2.42. The van der Waals surface area contributed by atoms with Gasteiger partial charge in [-0.3, -0.25) is 29.2 Å². The van der Waals surface area contributed by atoms with E-state index < -0.39 is 12.2 Å². The lowest BCUT2D eigenvalue weighted by Gasteiger charge is -2.30. The molecule has 2 aromatic carbocycles. The maximum atomic E-state index is 12.7. The van der Waals surface area contributed by atoms with Crippen LogP contribution in [0.4, 0.5) is 0 Å². The van der Waals surface area contributed by atoms with E-state index in [0.29, 0.717) is 31.0 Å². The molecule has 6 rings (SSSR count). The van der Waals surface area contributed by atoms with Gasteiger partial charge in [0.15, 0.2) is 0 Å². The van der Waals surface area contributed by atoms with Crippen LogP contribution >= 0.6 is 0 Å². The van der Waals surface area contributed by atoms with Gasteiger partial charge in [0, 0.05) is 64.8 Å². The number of rotatable bonds is 12. The normalized spacial score (nSPS) is 16.4. The van der Waals surface area contributed by atoms with Gasteiger partial charge in [-0.25, -0.2) is 0 Å². The predicted molar refractivity (Wildman–Crippen MR) is 167 cm³/mol. The van der Waals surface area contributed by atoms with Crippen LogP contribution in [0.1, 0.15) is 48.8 Å². The van der Waals surface area contributed by atoms with Gasteiger partial charge in [0.2, 0.25) is 0 Å².